The first-order valence-electron chi connectivity index (χ1n) is 9.93. The largest absolute Gasteiger partial charge is 0.478 e. The molecule has 0 radical (unpaired) electrons. The van der Waals surface area contributed by atoms with Gasteiger partial charge in [0.05, 0.1) is 11.1 Å². The predicted octanol–water partition coefficient (Wildman–Crippen LogP) is 4.52. The SMILES string of the molecule is O=C(O)c1ccc(-c2nnc(-c3ccc(-c4nnc(-c5ccc(C(=O)O)cc5)o4)cc3)o2)cc1. The minimum atomic E-state index is -1.01. The zero-order valence-corrected chi connectivity index (χ0v) is 17.2. The quantitative estimate of drug-likeness (QED) is 0.374. The fraction of sp³-hybridized carbons (Fsp3) is 0. The average molecular weight is 454 g/mol. The summed E-state index contributed by atoms with van der Waals surface area (Å²) in [4.78, 5) is 22.0. The minimum Gasteiger partial charge on any atom is -0.478 e. The molecule has 5 rings (SSSR count). The Kier molecular flexibility index (Phi) is 5.15. The molecule has 0 aliphatic heterocycles. The summed E-state index contributed by atoms with van der Waals surface area (Å²) >= 11 is 0. The number of benzene rings is 3. The maximum absolute atomic E-state index is 11.0. The van der Waals surface area contributed by atoms with Crippen molar-refractivity contribution >= 4 is 11.9 Å². The van der Waals surface area contributed by atoms with E-state index < -0.39 is 11.9 Å². The molecule has 0 aliphatic carbocycles. The standard InChI is InChI=1S/C24H14N4O6/c29-23(30)17-9-5-15(6-10-17)21-27-25-19(33-21)13-1-2-14(4-3-13)20-26-28-22(34-20)16-7-11-18(12-8-16)24(31)32/h1-12H,(H,29,30)(H,31,32). The molecule has 2 N–H and O–H groups in total. The van der Waals surface area contributed by atoms with Gasteiger partial charge in [-0.15, -0.1) is 20.4 Å². The van der Waals surface area contributed by atoms with Gasteiger partial charge in [-0.25, -0.2) is 9.59 Å². The van der Waals surface area contributed by atoms with E-state index in [2.05, 4.69) is 20.4 Å². The topological polar surface area (TPSA) is 152 Å². The van der Waals surface area contributed by atoms with Gasteiger partial charge in [-0.2, -0.15) is 0 Å². The van der Waals surface area contributed by atoms with Gasteiger partial charge >= 0.3 is 11.9 Å². The fourth-order valence-corrected chi connectivity index (χ4v) is 3.18. The minimum absolute atomic E-state index is 0.167. The molecule has 2 aromatic heterocycles. The molecule has 5 aromatic rings. The van der Waals surface area contributed by atoms with Gasteiger partial charge in [0, 0.05) is 22.3 Å². The molecule has 10 heteroatoms. The first-order chi connectivity index (χ1) is 16.5. The lowest BCUT2D eigenvalue weighted by Crippen LogP contribution is -1.94. The molecule has 3 aromatic carbocycles. The van der Waals surface area contributed by atoms with Gasteiger partial charge < -0.3 is 19.0 Å². The van der Waals surface area contributed by atoms with E-state index in [4.69, 9.17) is 19.0 Å². The molecule has 0 fully saturated rings. The van der Waals surface area contributed by atoms with Crippen molar-refractivity contribution in [2.45, 2.75) is 0 Å². The number of nitrogens with zero attached hydrogens (tertiary/aromatic N) is 4. The molecule has 34 heavy (non-hydrogen) atoms. The van der Waals surface area contributed by atoms with Gasteiger partial charge in [-0.3, -0.25) is 0 Å². The third-order valence-corrected chi connectivity index (χ3v) is 4.99. The average Bonchev–Trinajstić information content (AvgIpc) is 3.55. The zero-order chi connectivity index (χ0) is 23.7. The van der Waals surface area contributed by atoms with Crippen LogP contribution in [0.3, 0.4) is 0 Å². The molecule has 0 spiro atoms. The Morgan fingerprint density at radius 2 is 0.706 bits per heavy atom. The second-order valence-corrected chi connectivity index (χ2v) is 7.17. The van der Waals surface area contributed by atoms with E-state index in [0.29, 0.717) is 34.0 Å². The van der Waals surface area contributed by atoms with Crippen LogP contribution < -0.4 is 0 Å². The molecule has 2 heterocycles. The smallest absolute Gasteiger partial charge is 0.335 e. The summed E-state index contributed by atoms with van der Waals surface area (Å²) in [6.45, 7) is 0. The molecule has 0 unspecified atom stereocenters. The van der Waals surface area contributed by atoms with Crippen molar-refractivity contribution in [1.82, 2.24) is 20.4 Å². The van der Waals surface area contributed by atoms with Crippen LogP contribution in [0.2, 0.25) is 0 Å². The van der Waals surface area contributed by atoms with E-state index in [9.17, 15) is 9.59 Å². The van der Waals surface area contributed by atoms with Crippen molar-refractivity contribution in [3.63, 3.8) is 0 Å². The molecule has 0 amide bonds. The van der Waals surface area contributed by atoms with Crippen LogP contribution in [0, 0.1) is 0 Å². The van der Waals surface area contributed by atoms with Crippen molar-refractivity contribution in [3.8, 4) is 45.8 Å². The van der Waals surface area contributed by atoms with Crippen molar-refractivity contribution < 1.29 is 28.6 Å². The highest BCUT2D eigenvalue weighted by Gasteiger charge is 2.14. The summed E-state index contributed by atoms with van der Waals surface area (Å²) in [6.07, 6.45) is 0. The summed E-state index contributed by atoms with van der Waals surface area (Å²) in [6, 6.07) is 19.4. The molecular weight excluding hydrogens is 440 g/mol. The summed E-state index contributed by atoms with van der Waals surface area (Å²) in [5.41, 5.74) is 2.90. The number of aromatic carboxylic acids is 2. The maximum atomic E-state index is 11.0. The van der Waals surface area contributed by atoms with E-state index in [1.165, 1.54) is 24.3 Å². The Balaban J connectivity index is 1.33. The van der Waals surface area contributed by atoms with Crippen LogP contribution in [-0.2, 0) is 0 Å². The lowest BCUT2D eigenvalue weighted by Gasteiger charge is -1.99. The Morgan fingerprint density at radius 1 is 0.471 bits per heavy atom. The van der Waals surface area contributed by atoms with Gasteiger partial charge in [0.1, 0.15) is 0 Å². The predicted molar refractivity (Wildman–Crippen MR) is 118 cm³/mol. The number of carbonyl (C=O) groups is 2. The number of aromatic nitrogens is 4. The number of hydrogen-bond acceptors (Lipinski definition) is 8. The second-order valence-electron chi connectivity index (χ2n) is 7.17. The first-order valence-corrected chi connectivity index (χ1v) is 9.93. The third-order valence-electron chi connectivity index (χ3n) is 4.99. The lowest BCUT2D eigenvalue weighted by molar-refractivity contribution is 0.0686. The van der Waals surface area contributed by atoms with Crippen molar-refractivity contribution in [3.05, 3.63) is 83.9 Å². The summed E-state index contributed by atoms with van der Waals surface area (Å²) < 4.78 is 11.5. The molecule has 0 saturated carbocycles. The highest BCUT2D eigenvalue weighted by atomic mass is 16.4. The Labute approximate surface area is 191 Å². The number of rotatable bonds is 6. The van der Waals surface area contributed by atoms with Crippen molar-refractivity contribution in [2.75, 3.05) is 0 Å². The van der Waals surface area contributed by atoms with Gasteiger partial charge in [-0.05, 0) is 72.8 Å². The fourth-order valence-electron chi connectivity index (χ4n) is 3.18. The van der Waals surface area contributed by atoms with Crippen LogP contribution in [-0.4, -0.2) is 42.5 Å². The van der Waals surface area contributed by atoms with Crippen LogP contribution >= 0.6 is 0 Å². The molecule has 0 atom stereocenters. The highest BCUT2D eigenvalue weighted by Crippen LogP contribution is 2.28. The molecule has 166 valence electrons. The van der Waals surface area contributed by atoms with E-state index in [-0.39, 0.29) is 22.9 Å². The normalized spacial score (nSPS) is 10.8. The Bertz CT molecular complexity index is 1370. The lowest BCUT2D eigenvalue weighted by atomic mass is 10.1. The number of hydrogen-bond donors (Lipinski definition) is 2. The highest BCUT2D eigenvalue weighted by molar-refractivity contribution is 5.88. The summed E-state index contributed by atoms with van der Waals surface area (Å²) in [7, 11) is 0. The van der Waals surface area contributed by atoms with Crippen LogP contribution in [0.15, 0.2) is 81.6 Å². The van der Waals surface area contributed by atoms with E-state index >= 15 is 0 Å². The Morgan fingerprint density at radius 3 is 0.941 bits per heavy atom. The Hall–Kier alpha value is -5.12. The maximum Gasteiger partial charge on any atom is 0.335 e. The van der Waals surface area contributed by atoms with Crippen LogP contribution in [0.4, 0.5) is 0 Å². The first kappa shape index (κ1) is 20.8. The van der Waals surface area contributed by atoms with Crippen molar-refractivity contribution in [2.24, 2.45) is 0 Å². The van der Waals surface area contributed by atoms with E-state index in [0.717, 1.165) is 0 Å². The molecule has 10 nitrogen and oxygen atoms in total. The third kappa shape index (κ3) is 4.02. The number of carboxylic acid groups (broad SMARTS) is 2. The summed E-state index contributed by atoms with van der Waals surface area (Å²) in [5.74, 6) is -0.884. The zero-order valence-electron chi connectivity index (χ0n) is 17.2. The molecule has 0 saturated heterocycles. The van der Waals surface area contributed by atoms with Crippen LogP contribution in [0.5, 0.6) is 0 Å². The second kappa shape index (κ2) is 8.43. The summed E-state index contributed by atoms with van der Waals surface area (Å²) in [5, 5.41) is 34.2. The van der Waals surface area contributed by atoms with Crippen LogP contribution in [0.25, 0.3) is 45.8 Å². The molecule has 0 aliphatic rings. The van der Waals surface area contributed by atoms with E-state index in [1.807, 2.05) is 0 Å². The number of carboxylic acids is 2. The van der Waals surface area contributed by atoms with E-state index in [1.54, 1.807) is 48.5 Å². The monoisotopic (exact) mass is 454 g/mol. The van der Waals surface area contributed by atoms with Gasteiger partial charge in [0.25, 0.3) is 0 Å². The van der Waals surface area contributed by atoms with Crippen molar-refractivity contribution in [1.29, 1.82) is 0 Å². The van der Waals surface area contributed by atoms with Gasteiger partial charge in [-0.1, -0.05) is 0 Å². The molecule has 0 bridgehead atoms. The van der Waals surface area contributed by atoms with Gasteiger partial charge in [0.2, 0.25) is 23.6 Å². The molecular formula is C24H14N4O6. The van der Waals surface area contributed by atoms with Gasteiger partial charge in [0.15, 0.2) is 0 Å². The van der Waals surface area contributed by atoms with Crippen LogP contribution in [0.1, 0.15) is 20.7 Å².